The molecule has 0 saturated carbocycles. The Morgan fingerprint density at radius 1 is 1.22 bits per heavy atom. The van der Waals surface area contributed by atoms with Gasteiger partial charge in [0.2, 0.25) is 0 Å². The van der Waals surface area contributed by atoms with Crippen molar-refractivity contribution in [3.8, 4) is 0 Å². The maximum atomic E-state index is 13.0. The average Bonchev–Trinajstić information content (AvgIpc) is 2.34. The van der Waals surface area contributed by atoms with E-state index in [0.717, 1.165) is 0 Å². The number of halogens is 2. The van der Waals surface area contributed by atoms with Gasteiger partial charge in [-0.3, -0.25) is 4.21 Å². The van der Waals surface area contributed by atoms with Gasteiger partial charge in [0.25, 0.3) is 0 Å². The van der Waals surface area contributed by atoms with Crippen LogP contribution in [0, 0.1) is 5.82 Å². The van der Waals surface area contributed by atoms with Crippen molar-refractivity contribution in [3.05, 3.63) is 58.9 Å². The van der Waals surface area contributed by atoms with Crippen LogP contribution in [-0.4, -0.2) is 4.21 Å². The largest absolute Gasteiger partial charge is 0.398 e. The molecule has 94 valence electrons. The molecule has 0 heterocycles. The summed E-state index contributed by atoms with van der Waals surface area (Å²) in [6.45, 7) is 0. The first kappa shape index (κ1) is 13.1. The van der Waals surface area contributed by atoms with Crippen LogP contribution in [0.1, 0.15) is 5.56 Å². The summed E-state index contributed by atoms with van der Waals surface area (Å²) in [5.74, 6) is -0.185. The van der Waals surface area contributed by atoms with E-state index in [1.54, 1.807) is 24.3 Å². The Balaban J connectivity index is 2.24. The Hall–Kier alpha value is -1.39. The molecule has 2 N–H and O–H groups in total. The lowest BCUT2D eigenvalue weighted by Gasteiger charge is -2.06. The molecule has 0 spiro atoms. The molecule has 0 radical (unpaired) electrons. The van der Waals surface area contributed by atoms with Crippen molar-refractivity contribution in [2.75, 3.05) is 5.73 Å². The van der Waals surface area contributed by atoms with Gasteiger partial charge in [0, 0.05) is 15.6 Å². The lowest BCUT2D eigenvalue weighted by atomic mass is 10.2. The normalized spacial score (nSPS) is 12.3. The molecule has 1 atom stereocenters. The number of nitrogens with two attached hydrogens (primary N) is 1. The number of nitrogen functional groups attached to an aromatic ring is 1. The van der Waals surface area contributed by atoms with E-state index in [-0.39, 0.29) is 5.75 Å². The highest BCUT2D eigenvalue weighted by Crippen LogP contribution is 2.21. The number of anilines is 1. The molecule has 0 aliphatic rings. The van der Waals surface area contributed by atoms with E-state index in [2.05, 4.69) is 0 Å². The van der Waals surface area contributed by atoms with Gasteiger partial charge in [0.1, 0.15) is 5.82 Å². The standard InChI is InChI=1S/C13H11ClFNOS/c14-10-4-5-13(16)9(6-10)8-18(17)12-3-1-2-11(15)7-12/h1-7H,8,16H2. The van der Waals surface area contributed by atoms with Gasteiger partial charge in [-0.2, -0.15) is 0 Å². The summed E-state index contributed by atoms with van der Waals surface area (Å²) in [7, 11) is -1.34. The van der Waals surface area contributed by atoms with Crippen LogP contribution in [0.25, 0.3) is 0 Å². The number of rotatable bonds is 3. The summed E-state index contributed by atoms with van der Waals surface area (Å²) in [6.07, 6.45) is 0. The minimum Gasteiger partial charge on any atom is -0.398 e. The van der Waals surface area contributed by atoms with Crippen LogP contribution >= 0.6 is 11.6 Å². The van der Waals surface area contributed by atoms with Gasteiger partial charge in [-0.05, 0) is 42.0 Å². The van der Waals surface area contributed by atoms with Crippen LogP contribution in [-0.2, 0) is 16.6 Å². The first-order chi connectivity index (χ1) is 8.56. The van der Waals surface area contributed by atoms with E-state index in [9.17, 15) is 8.60 Å². The van der Waals surface area contributed by atoms with E-state index in [1.165, 1.54) is 18.2 Å². The van der Waals surface area contributed by atoms with E-state index in [4.69, 9.17) is 17.3 Å². The zero-order valence-electron chi connectivity index (χ0n) is 9.40. The molecule has 18 heavy (non-hydrogen) atoms. The van der Waals surface area contributed by atoms with E-state index in [1.807, 2.05) is 0 Å². The summed E-state index contributed by atoms with van der Waals surface area (Å²) >= 11 is 5.86. The minimum absolute atomic E-state index is 0.218. The molecule has 5 heteroatoms. The van der Waals surface area contributed by atoms with Gasteiger partial charge < -0.3 is 5.73 Å². The fraction of sp³-hybridized carbons (Fsp3) is 0.0769. The van der Waals surface area contributed by atoms with Crippen LogP contribution in [0.4, 0.5) is 10.1 Å². The summed E-state index contributed by atoms with van der Waals surface area (Å²) in [5, 5.41) is 0.537. The van der Waals surface area contributed by atoms with E-state index >= 15 is 0 Å². The second-order valence-corrected chi connectivity index (χ2v) is 5.68. The summed E-state index contributed by atoms with van der Waals surface area (Å²) in [6, 6.07) is 10.7. The van der Waals surface area contributed by atoms with Gasteiger partial charge in [-0.15, -0.1) is 0 Å². The van der Waals surface area contributed by atoms with Crippen LogP contribution in [0.5, 0.6) is 0 Å². The minimum atomic E-state index is -1.34. The third-order valence-corrected chi connectivity index (χ3v) is 4.04. The van der Waals surface area contributed by atoms with E-state index in [0.29, 0.717) is 21.2 Å². The maximum absolute atomic E-state index is 13.0. The molecular formula is C13H11ClFNOS. The fourth-order valence-corrected chi connectivity index (χ4v) is 2.90. The van der Waals surface area contributed by atoms with Crippen LogP contribution in [0.15, 0.2) is 47.4 Å². The molecule has 0 bridgehead atoms. The molecular weight excluding hydrogens is 273 g/mol. The van der Waals surface area contributed by atoms with Crippen molar-refractivity contribution in [1.29, 1.82) is 0 Å². The predicted octanol–water partition coefficient (Wildman–Crippen LogP) is 3.37. The van der Waals surface area contributed by atoms with Crippen molar-refractivity contribution in [3.63, 3.8) is 0 Å². The SMILES string of the molecule is Nc1ccc(Cl)cc1CS(=O)c1cccc(F)c1. The average molecular weight is 284 g/mol. The first-order valence-electron chi connectivity index (χ1n) is 5.24. The number of benzene rings is 2. The quantitative estimate of drug-likeness (QED) is 0.878. The summed E-state index contributed by atoms with van der Waals surface area (Å²) in [5.41, 5.74) is 7.01. The molecule has 2 nitrogen and oxygen atoms in total. The highest BCUT2D eigenvalue weighted by Gasteiger charge is 2.09. The van der Waals surface area contributed by atoms with Gasteiger partial charge in [-0.1, -0.05) is 17.7 Å². The predicted molar refractivity (Wildman–Crippen MR) is 72.4 cm³/mol. The number of hydrogen-bond acceptors (Lipinski definition) is 2. The Bertz CT molecular complexity index is 603. The maximum Gasteiger partial charge on any atom is 0.124 e. The number of hydrogen-bond donors (Lipinski definition) is 1. The second kappa shape index (κ2) is 5.50. The highest BCUT2D eigenvalue weighted by atomic mass is 35.5. The van der Waals surface area contributed by atoms with Crippen LogP contribution < -0.4 is 5.73 Å². The molecule has 0 amide bonds. The molecule has 2 rings (SSSR count). The Kier molecular flexibility index (Phi) is 3.99. The Labute approximate surface area is 112 Å². The zero-order valence-corrected chi connectivity index (χ0v) is 11.0. The Morgan fingerprint density at radius 3 is 2.72 bits per heavy atom. The highest BCUT2D eigenvalue weighted by molar-refractivity contribution is 7.84. The van der Waals surface area contributed by atoms with Crippen molar-refractivity contribution < 1.29 is 8.60 Å². The van der Waals surface area contributed by atoms with Crippen LogP contribution in [0.2, 0.25) is 5.02 Å². The smallest absolute Gasteiger partial charge is 0.124 e. The van der Waals surface area contributed by atoms with E-state index < -0.39 is 16.6 Å². The lowest BCUT2D eigenvalue weighted by Crippen LogP contribution is -2.00. The molecule has 0 aromatic heterocycles. The van der Waals surface area contributed by atoms with Crippen molar-refractivity contribution in [2.24, 2.45) is 0 Å². The van der Waals surface area contributed by atoms with Gasteiger partial charge in [0.05, 0.1) is 16.6 Å². The van der Waals surface area contributed by atoms with Crippen LogP contribution in [0.3, 0.4) is 0 Å². The zero-order chi connectivity index (χ0) is 13.1. The molecule has 1 unspecified atom stereocenters. The monoisotopic (exact) mass is 283 g/mol. The summed E-state index contributed by atoms with van der Waals surface area (Å²) in [4.78, 5) is 0.439. The molecule has 2 aromatic carbocycles. The van der Waals surface area contributed by atoms with Crippen molar-refractivity contribution >= 4 is 28.1 Å². The lowest BCUT2D eigenvalue weighted by molar-refractivity contribution is 0.622. The molecule has 0 aliphatic carbocycles. The molecule has 0 aliphatic heterocycles. The van der Waals surface area contributed by atoms with Gasteiger partial charge in [0.15, 0.2) is 0 Å². The third-order valence-electron chi connectivity index (χ3n) is 2.45. The Morgan fingerprint density at radius 2 is 2.00 bits per heavy atom. The molecule has 2 aromatic rings. The van der Waals surface area contributed by atoms with Crippen molar-refractivity contribution in [1.82, 2.24) is 0 Å². The molecule has 0 saturated heterocycles. The molecule has 0 fully saturated rings. The second-order valence-electron chi connectivity index (χ2n) is 3.79. The summed E-state index contributed by atoms with van der Waals surface area (Å²) < 4.78 is 25.1. The fourth-order valence-electron chi connectivity index (χ4n) is 1.53. The first-order valence-corrected chi connectivity index (χ1v) is 6.94. The van der Waals surface area contributed by atoms with Crippen molar-refractivity contribution in [2.45, 2.75) is 10.6 Å². The third kappa shape index (κ3) is 3.09. The van der Waals surface area contributed by atoms with Gasteiger partial charge in [-0.25, -0.2) is 4.39 Å². The topological polar surface area (TPSA) is 43.1 Å². The van der Waals surface area contributed by atoms with Gasteiger partial charge >= 0.3 is 0 Å².